The molecule has 3 heteroatoms. The molecule has 1 saturated carbocycles. The Kier molecular flexibility index (Phi) is 3.79. The Morgan fingerprint density at radius 3 is 2.47 bits per heavy atom. The van der Waals surface area contributed by atoms with E-state index in [9.17, 15) is 9.50 Å². The van der Waals surface area contributed by atoms with E-state index in [0.29, 0.717) is 0 Å². The van der Waals surface area contributed by atoms with Gasteiger partial charge in [-0.15, -0.1) is 0 Å². The molecule has 1 aromatic rings. The van der Waals surface area contributed by atoms with Gasteiger partial charge in [-0.2, -0.15) is 0 Å². The summed E-state index contributed by atoms with van der Waals surface area (Å²) in [6, 6.07) is 6.90. The fourth-order valence-electron chi connectivity index (χ4n) is 2.10. The van der Waals surface area contributed by atoms with E-state index in [-0.39, 0.29) is 23.9 Å². The first-order chi connectivity index (χ1) is 8.19. The third-order valence-electron chi connectivity index (χ3n) is 3.70. The van der Waals surface area contributed by atoms with Crippen molar-refractivity contribution < 1.29 is 9.50 Å². The van der Waals surface area contributed by atoms with E-state index in [2.05, 4.69) is 12.2 Å². The van der Waals surface area contributed by atoms with Crippen molar-refractivity contribution in [3.8, 4) is 0 Å². The highest BCUT2D eigenvalue weighted by molar-refractivity contribution is 5.20. The number of halogens is 1. The highest BCUT2D eigenvalue weighted by Crippen LogP contribution is 2.44. The second-order valence-electron chi connectivity index (χ2n) is 5.05. The molecule has 1 unspecified atom stereocenters. The predicted octanol–water partition coefficient (Wildman–Crippen LogP) is 2.64. The lowest BCUT2D eigenvalue weighted by molar-refractivity contribution is 0.203. The SMILES string of the molecule is CCC(NCC1(CO)CC1)c1ccc(F)cc1. The molecule has 2 N–H and O–H groups in total. The molecular weight excluding hydrogens is 217 g/mol. The third kappa shape index (κ3) is 3.05. The summed E-state index contributed by atoms with van der Waals surface area (Å²) < 4.78 is 12.8. The number of aliphatic hydroxyl groups excluding tert-OH is 1. The predicted molar refractivity (Wildman–Crippen MR) is 66.2 cm³/mol. The Morgan fingerprint density at radius 1 is 1.35 bits per heavy atom. The average Bonchev–Trinajstić information content (AvgIpc) is 3.13. The highest BCUT2D eigenvalue weighted by atomic mass is 19.1. The van der Waals surface area contributed by atoms with Gasteiger partial charge in [0.05, 0.1) is 0 Å². The number of hydrogen-bond acceptors (Lipinski definition) is 2. The largest absolute Gasteiger partial charge is 0.396 e. The molecule has 0 aliphatic heterocycles. The summed E-state index contributed by atoms with van der Waals surface area (Å²) in [4.78, 5) is 0. The summed E-state index contributed by atoms with van der Waals surface area (Å²) in [5, 5.41) is 12.7. The second-order valence-corrected chi connectivity index (χ2v) is 5.05. The van der Waals surface area contributed by atoms with E-state index in [1.807, 2.05) is 12.1 Å². The van der Waals surface area contributed by atoms with E-state index in [0.717, 1.165) is 31.4 Å². The van der Waals surface area contributed by atoms with Crippen molar-refractivity contribution >= 4 is 0 Å². The first-order valence-electron chi connectivity index (χ1n) is 6.29. The van der Waals surface area contributed by atoms with Gasteiger partial charge in [0.25, 0.3) is 0 Å². The Labute approximate surface area is 102 Å². The fraction of sp³-hybridized carbons (Fsp3) is 0.571. The standard InChI is InChI=1S/C14H20FNO/c1-2-13(11-3-5-12(15)6-4-11)16-9-14(10-17)7-8-14/h3-6,13,16-17H,2,7-10H2,1H3. The van der Waals surface area contributed by atoms with Gasteiger partial charge in [-0.05, 0) is 37.0 Å². The number of hydrogen-bond donors (Lipinski definition) is 2. The molecule has 0 saturated heterocycles. The first kappa shape index (κ1) is 12.5. The van der Waals surface area contributed by atoms with Crippen molar-refractivity contribution in [1.82, 2.24) is 5.32 Å². The number of rotatable bonds is 6. The van der Waals surface area contributed by atoms with Gasteiger partial charge in [-0.3, -0.25) is 0 Å². The van der Waals surface area contributed by atoms with Gasteiger partial charge in [-0.1, -0.05) is 19.1 Å². The fourth-order valence-corrected chi connectivity index (χ4v) is 2.10. The van der Waals surface area contributed by atoms with Gasteiger partial charge < -0.3 is 10.4 Å². The van der Waals surface area contributed by atoms with Crippen LogP contribution in [-0.2, 0) is 0 Å². The maximum Gasteiger partial charge on any atom is 0.123 e. The average molecular weight is 237 g/mol. The van der Waals surface area contributed by atoms with Gasteiger partial charge in [0.15, 0.2) is 0 Å². The summed E-state index contributed by atoms with van der Waals surface area (Å²) >= 11 is 0. The van der Waals surface area contributed by atoms with Gasteiger partial charge in [0.1, 0.15) is 5.82 Å². The van der Waals surface area contributed by atoms with Gasteiger partial charge in [0.2, 0.25) is 0 Å². The zero-order chi connectivity index (χ0) is 12.3. The minimum absolute atomic E-state index is 0.119. The van der Waals surface area contributed by atoms with E-state index >= 15 is 0 Å². The van der Waals surface area contributed by atoms with Gasteiger partial charge in [-0.25, -0.2) is 4.39 Å². The molecule has 0 radical (unpaired) electrons. The summed E-state index contributed by atoms with van der Waals surface area (Å²) in [6.07, 6.45) is 3.18. The van der Waals surface area contributed by atoms with E-state index in [4.69, 9.17) is 0 Å². The molecule has 94 valence electrons. The van der Waals surface area contributed by atoms with Crippen LogP contribution in [0.5, 0.6) is 0 Å². The quantitative estimate of drug-likeness (QED) is 0.797. The molecule has 1 atom stereocenters. The smallest absolute Gasteiger partial charge is 0.123 e. The molecule has 1 aliphatic rings. The molecule has 1 aliphatic carbocycles. The summed E-state index contributed by atoms with van der Waals surface area (Å²) in [5.74, 6) is -0.197. The van der Waals surface area contributed by atoms with Crippen LogP contribution in [0.3, 0.4) is 0 Å². The van der Waals surface area contributed by atoms with Crippen LogP contribution in [0.15, 0.2) is 24.3 Å². The van der Waals surface area contributed by atoms with Gasteiger partial charge in [0, 0.05) is 24.6 Å². The topological polar surface area (TPSA) is 32.3 Å². The first-order valence-corrected chi connectivity index (χ1v) is 6.29. The lowest BCUT2D eigenvalue weighted by Gasteiger charge is -2.21. The molecular formula is C14H20FNO. The van der Waals surface area contributed by atoms with Crippen LogP contribution < -0.4 is 5.32 Å². The Bertz CT molecular complexity index is 359. The van der Waals surface area contributed by atoms with Crippen LogP contribution in [0.4, 0.5) is 4.39 Å². The number of aliphatic hydroxyl groups is 1. The summed E-state index contributed by atoms with van der Waals surface area (Å²) in [5.41, 5.74) is 1.23. The van der Waals surface area contributed by atoms with Gasteiger partial charge >= 0.3 is 0 Å². The van der Waals surface area contributed by atoms with Crippen LogP contribution in [0.25, 0.3) is 0 Å². The number of nitrogens with one attached hydrogen (secondary N) is 1. The van der Waals surface area contributed by atoms with Crippen molar-refractivity contribution in [3.63, 3.8) is 0 Å². The van der Waals surface area contributed by atoms with Crippen LogP contribution in [0.1, 0.15) is 37.8 Å². The summed E-state index contributed by atoms with van der Waals surface area (Å²) in [6.45, 7) is 3.22. The molecule has 0 amide bonds. The van der Waals surface area contributed by atoms with Crippen molar-refractivity contribution in [1.29, 1.82) is 0 Å². The van der Waals surface area contributed by atoms with Crippen LogP contribution in [0, 0.1) is 11.2 Å². The molecule has 0 heterocycles. The monoisotopic (exact) mass is 237 g/mol. The molecule has 0 bridgehead atoms. The zero-order valence-electron chi connectivity index (χ0n) is 10.2. The van der Waals surface area contributed by atoms with Crippen molar-refractivity contribution in [3.05, 3.63) is 35.6 Å². The zero-order valence-corrected chi connectivity index (χ0v) is 10.2. The Morgan fingerprint density at radius 2 is 2.00 bits per heavy atom. The highest BCUT2D eigenvalue weighted by Gasteiger charge is 2.41. The molecule has 2 rings (SSSR count). The molecule has 1 aromatic carbocycles. The maximum absolute atomic E-state index is 12.8. The molecule has 17 heavy (non-hydrogen) atoms. The van der Waals surface area contributed by atoms with E-state index in [1.54, 1.807) is 0 Å². The minimum atomic E-state index is -0.197. The summed E-state index contributed by atoms with van der Waals surface area (Å²) in [7, 11) is 0. The molecule has 2 nitrogen and oxygen atoms in total. The van der Waals surface area contributed by atoms with Crippen molar-refractivity contribution in [2.75, 3.05) is 13.2 Å². The van der Waals surface area contributed by atoms with Crippen LogP contribution >= 0.6 is 0 Å². The minimum Gasteiger partial charge on any atom is -0.396 e. The molecule has 0 spiro atoms. The van der Waals surface area contributed by atoms with E-state index in [1.165, 1.54) is 12.1 Å². The maximum atomic E-state index is 12.8. The van der Waals surface area contributed by atoms with Crippen LogP contribution in [-0.4, -0.2) is 18.3 Å². The third-order valence-corrected chi connectivity index (χ3v) is 3.70. The Balaban J connectivity index is 1.94. The number of benzene rings is 1. The van der Waals surface area contributed by atoms with E-state index < -0.39 is 0 Å². The van der Waals surface area contributed by atoms with Crippen molar-refractivity contribution in [2.45, 2.75) is 32.2 Å². The molecule has 0 aromatic heterocycles. The van der Waals surface area contributed by atoms with Crippen LogP contribution in [0.2, 0.25) is 0 Å². The Hall–Kier alpha value is -0.930. The normalized spacial score (nSPS) is 19.0. The second kappa shape index (κ2) is 5.15. The van der Waals surface area contributed by atoms with Crippen molar-refractivity contribution in [2.24, 2.45) is 5.41 Å². The lowest BCUT2D eigenvalue weighted by Crippen LogP contribution is -2.29. The molecule has 1 fully saturated rings. The lowest BCUT2D eigenvalue weighted by atomic mass is 10.0.